The van der Waals surface area contributed by atoms with Crippen molar-refractivity contribution in [2.75, 3.05) is 5.32 Å². The molecule has 0 amide bonds. The second-order valence-electron chi connectivity index (χ2n) is 3.74. The molecule has 0 aliphatic heterocycles. The van der Waals surface area contributed by atoms with Gasteiger partial charge in [-0.15, -0.1) is 10.2 Å². The Balaban J connectivity index is 1.72. The smallest absolute Gasteiger partial charge is 0.338 e. The van der Waals surface area contributed by atoms with Crippen LogP contribution in [0.25, 0.3) is 0 Å². The fraction of sp³-hybridized carbons (Fsp3) is 0.333. The first-order chi connectivity index (χ1) is 8.72. The first kappa shape index (κ1) is 11.9. The van der Waals surface area contributed by atoms with E-state index in [1.165, 1.54) is 35.9 Å². The zero-order valence-corrected chi connectivity index (χ0v) is 11.5. The molecule has 1 N–H and O–H groups in total. The van der Waals surface area contributed by atoms with Gasteiger partial charge < -0.3 is 5.32 Å². The van der Waals surface area contributed by atoms with E-state index in [2.05, 4.69) is 15.5 Å². The topological polar surface area (TPSA) is 81.0 Å². The van der Waals surface area contributed by atoms with E-state index >= 15 is 0 Å². The van der Waals surface area contributed by atoms with Crippen molar-refractivity contribution >= 4 is 44.6 Å². The number of hydrogen-bond donors (Lipinski definition) is 1. The Morgan fingerprint density at radius 2 is 2.33 bits per heavy atom. The van der Waals surface area contributed by atoms with E-state index in [0.717, 1.165) is 20.8 Å². The van der Waals surface area contributed by atoms with Crippen LogP contribution in [0.3, 0.4) is 0 Å². The zero-order valence-electron chi connectivity index (χ0n) is 9.03. The molecule has 1 aliphatic rings. The van der Waals surface area contributed by atoms with E-state index in [4.69, 9.17) is 0 Å². The van der Waals surface area contributed by atoms with Crippen LogP contribution in [0.2, 0.25) is 0 Å². The SMILES string of the molecule is O=[N+]([O-])c1sccc1Sc1nnc(NC2CC2)s1. The monoisotopic (exact) mass is 300 g/mol. The van der Waals surface area contributed by atoms with Crippen molar-refractivity contribution in [3.8, 4) is 0 Å². The molecule has 2 aromatic rings. The number of nitrogens with one attached hydrogen (secondary N) is 1. The lowest BCUT2D eigenvalue weighted by atomic mass is 10.6. The predicted molar refractivity (Wildman–Crippen MR) is 71.7 cm³/mol. The molecule has 2 heterocycles. The summed E-state index contributed by atoms with van der Waals surface area (Å²) < 4.78 is 0.722. The van der Waals surface area contributed by atoms with Gasteiger partial charge in [0.25, 0.3) is 0 Å². The summed E-state index contributed by atoms with van der Waals surface area (Å²) in [5.74, 6) is 0. The maximum absolute atomic E-state index is 10.8. The standard InChI is InChI=1S/C9H8N4O2S3/c14-13(15)7-6(3-4-16-7)17-9-12-11-8(18-9)10-5-1-2-5/h3-5H,1-2H2,(H,10,11). The van der Waals surface area contributed by atoms with Crippen molar-refractivity contribution in [3.63, 3.8) is 0 Å². The average molecular weight is 300 g/mol. The molecule has 0 atom stereocenters. The maximum atomic E-state index is 10.8. The molecule has 6 nitrogen and oxygen atoms in total. The summed E-state index contributed by atoms with van der Waals surface area (Å²) in [5, 5.41) is 24.8. The number of nitrogens with zero attached hydrogens (tertiary/aromatic N) is 3. The molecule has 2 aromatic heterocycles. The summed E-state index contributed by atoms with van der Waals surface area (Å²) in [7, 11) is 0. The minimum Gasteiger partial charge on any atom is -0.357 e. The van der Waals surface area contributed by atoms with E-state index in [1.807, 2.05) is 0 Å². The van der Waals surface area contributed by atoms with E-state index in [-0.39, 0.29) is 9.92 Å². The first-order valence-corrected chi connectivity index (χ1v) is 7.73. The number of aromatic nitrogens is 2. The molecule has 1 saturated carbocycles. The van der Waals surface area contributed by atoms with Gasteiger partial charge in [-0.1, -0.05) is 22.7 Å². The van der Waals surface area contributed by atoms with Gasteiger partial charge in [0, 0.05) is 6.04 Å². The summed E-state index contributed by atoms with van der Waals surface area (Å²) in [6.07, 6.45) is 2.36. The molecular weight excluding hydrogens is 292 g/mol. The van der Waals surface area contributed by atoms with Gasteiger partial charge in [0.05, 0.1) is 4.92 Å². The molecule has 0 bridgehead atoms. The van der Waals surface area contributed by atoms with Crippen LogP contribution in [0.5, 0.6) is 0 Å². The Labute approximate surface area is 115 Å². The Hall–Kier alpha value is -1.19. The fourth-order valence-corrected chi connectivity index (χ4v) is 4.06. The minimum atomic E-state index is -0.364. The molecule has 3 rings (SSSR count). The Bertz CT molecular complexity index is 578. The molecular formula is C9H8N4O2S3. The summed E-state index contributed by atoms with van der Waals surface area (Å²) in [5.41, 5.74) is 0. The number of anilines is 1. The van der Waals surface area contributed by atoms with Crippen molar-refractivity contribution in [2.24, 2.45) is 0 Å². The summed E-state index contributed by atoms with van der Waals surface area (Å²) in [6, 6.07) is 2.27. The van der Waals surface area contributed by atoms with Crippen LogP contribution in [-0.4, -0.2) is 21.2 Å². The zero-order chi connectivity index (χ0) is 12.5. The second-order valence-corrected chi connectivity index (χ2v) is 6.90. The lowest BCUT2D eigenvalue weighted by Gasteiger charge is -1.94. The molecule has 0 saturated heterocycles. The normalized spacial score (nSPS) is 14.7. The highest BCUT2D eigenvalue weighted by Crippen LogP contribution is 2.40. The highest BCUT2D eigenvalue weighted by Gasteiger charge is 2.23. The predicted octanol–water partition coefficient (Wildman–Crippen LogP) is 3.23. The van der Waals surface area contributed by atoms with Gasteiger partial charge in [0.2, 0.25) is 5.13 Å². The van der Waals surface area contributed by atoms with Gasteiger partial charge in [-0.05, 0) is 36.0 Å². The highest BCUT2D eigenvalue weighted by molar-refractivity contribution is 8.01. The van der Waals surface area contributed by atoms with Crippen LogP contribution >= 0.6 is 34.4 Å². The molecule has 0 unspecified atom stereocenters. The first-order valence-electron chi connectivity index (χ1n) is 5.22. The van der Waals surface area contributed by atoms with Crippen molar-refractivity contribution in [1.29, 1.82) is 0 Å². The fourth-order valence-electron chi connectivity index (χ4n) is 1.31. The van der Waals surface area contributed by atoms with E-state index < -0.39 is 0 Å². The second kappa shape index (κ2) is 4.82. The van der Waals surface area contributed by atoms with E-state index in [9.17, 15) is 10.1 Å². The van der Waals surface area contributed by atoms with Crippen LogP contribution in [0, 0.1) is 10.1 Å². The Kier molecular flexibility index (Phi) is 3.18. The molecule has 0 aromatic carbocycles. The highest BCUT2D eigenvalue weighted by atomic mass is 32.2. The van der Waals surface area contributed by atoms with Crippen LogP contribution in [0.4, 0.5) is 10.1 Å². The van der Waals surface area contributed by atoms with Crippen LogP contribution in [0.15, 0.2) is 20.7 Å². The van der Waals surface area contributed by atoms with Crippen LogP contribution in [0.1, 0.15) is 12.8 Å². The maximum Gasteiger partial charge on any atom is 0.338 e. The average Bonchev–Trinajstić information content (AvgIpc) is 2.85. The number of rotatable bonds is 5. The molecule has 18 heavy (non-hydrogen) atoms. The van der Waals surface area contributed by atoms with Gasteiger partial charge in [0.1, 0.15) is 4.90 Å². The van der Waals surface area contributed by atoms with Crippen LogP contribution < -0.4 is 5.32 Å². The quantitative estimate of drug-likeness (QED) is 0.674. The third-order valence-corrected chi connectivity index (χ3v) is 5.23. The molecule has 9 heteroatoms. The minimum absolute atomic E-state index is 0.159. The molecule has 94 valence electrons. The molecule has 1 aliphatic carbocycles. The van der Waals surface area contributed by atoms with Crippen molar-refractivity contribution in [3.05, 3.63) is 21.6 Å². The van der Waals surface area contributed by atoms with Crippen LogP contribution in [-0.2, 0) is 0 Å². The lowest BCUT2D eigenvalue weighted by Crippen LogP contribution is -1.99. The Morgan fingerprint density at radius 3 is 3.06 bits per heavy atom. The third-order valence-electron chi connectivity index (χ3n) is 2.28. The summed E-state index contributed by atoms with van der Waals surface area (Å²) in [4.78, 5) is 11.1. The molecule has 0 spiro atoms. The Morgan fingerprint density at radius 1 is 1.50 bits per heavy atom. The van der Waals surface area contributed by atoms with Crippen molar-refractivity contribution in [1.82, 2.24) is 10.2 Å². The van der Waals surface area contributed by atoms with Gasteiger partial charge in [0.15, 0.2) is 4.34 Å². The van der Waals surface area contributed by atoms with E-state index in [1.54, 1.807) is 11.4 Å². The lowest BCUT2D eigenvalue weighted by molar-refractivity contribution is -0.382. The van der Waals surface area contributed by atoms with Gasteiger partial charge in [-0.25, -0.2) is 0 Å². The van der Waals surface area contributed by atoms with E-state index in [0.29, 0.717) is 10.9 Å². The van der Waals surface area contributed by atoms with Crippen molar-refractivity contribution < 1.29 is 4.92 Å². The summed E-state index contributed by atoms with van der Waals surface area (Å²) in [6.45, 7) is 0. The van der Waals surface area contributed by atoms with Crippen molar-refractivity contribution in [2.45, 2.75) is 28.1 Å². The number of nitro groups is 1. The van der Waals surface area contributed by atoms with Gasteiger partial charge in [-0.3, -0.25) is 10.1 Å². The summed E-state index contributed by atoms with van der Waals surface area (Å²) >= 11 is 3.85. The largest absolute Gasteiger partial charge is 0.357 e. The molecule has 1 fully saturated rings. The molecule has 0 radical (unpaired) electrons. The third kappa shape index (κ3) is 2.62. The van der Waals surface area contributed by atoms with Gasteiger partial charge >= 0.3 is 5.00 Å². The van der Waals surface area contributed by atoms with Gasteiger partial charge in [-0.2, -0.15) is 0 Å². The number of hydrogen-bond acceptors (Lipinski definition) is 8. The number of thiophene rings is 1.